The third-order valence-corrected chi connectivity index (χ3v) is 4.02. The number of hydrogen-bond acceptors (Lipinski definition) is 2. The average molecular weight is 264 g/mol. The van der Waals surface area contributed by atoms with Crippen LogP contribution in [-0.2, 0) is 0 Å². The molecule has 1 aromatic rings. The van der Waals surface area contributed by atoms with Crippen molar-refractivity contribution in [3.63, 3.8) is 0 Å². The number of hydrogen-bond donors (Lipinski definition) is 0. The molecule has 0 radical (unpaired) electrons. The second-order valence-electron chi connectivity index (χ2n) is 5.55. The highest BCUT2D eigenvalue weighted by Crippen LogP contribution is 2.37. The molecular weight excluding hydrogens is 244 g/mol. The number of pyridine rings is 1. The zero-order valence-corrected chi connectivity index (χ0v) is 12.1. The maximum absolute atomic E-state index is 4.60. The van der Waals surface area contributed by atoms with E-state index in [0.717, 1.165) is 18.5 Å². The predicted octanol–water partition coefficient (Wildman–Crippen LogP) is 4.43. The number of rotatable bonds is 2. The minimum absolute atomic E-state index is 0.368. The Balaban J connectivity index is 1.98. The summed E-state index contributed by atoms with van der Waals surface area (Å²) >= 11 is 0. The number of aromatic nitrogens is 1. The first-order chi connectivity index (χ1) is 9.75. The van der Waals surface area contributed by atoms with Gasteiger partial charge >= 0.3 is 0 Å². The fourth-order valence-corrected chi connectivity index (χ4v) is 2.97. The van der Waals surface area contributed by atoms with Crippen LogP contribution in [0.5, 0.6) is 0 Å². The minimum atomic E-state index is 0.368. The Morgan fingerprint density at radius 3 is 2.75 bits per heavy atom. The summed E-state index contributed by atoms with van der Waals surface area (Å²) in [7, 11) is 0. The second kappa shape index (κ2) is 5.58. The highest BCUT2D eigenvalue weighted by Gasteiger charge is 2.24. The molecular formula is C18H20N2. The van der Waals surface area contributed by atoms with Gasteiger partial charge in [-0.3, -0.25) is 9.98 Å². The SMILES string of the molecule is CC1=CC(C)C(C2=CCCC=N2)C=C1c1ccccn1. The van der Waals surface area contributed by atoms with Crippen molar-refractivity contribution in [2.75, 3.05) is 0 Å². The predicted molar refractivity (Wildman–Crippen MR) is 84.4 cm³/mol. The van der Waals surface area contributed by atoms with Crippen LogP contribution >= 0.6 is 0 Å². The molecule has 0 aromatic carbocycles. The third-order valence-electron chi connectivity index (χ3n) is 4.02. The summed E-state index contributed by atoms with van der Waals surface area (Å²) < 4.78 is 0. The lowest BCUT2D eigenvalue weighted by atomic mass is 9.80. The fraction of sp³-hybridized carbons (Fsp3) is 0.333. The first-order valence-electron chi connectivity index (χ1n) is 7.30. The van der Waals surface area contributed by atoms with Crippen LogP contribution in [0.1, 0.15) is 32.4 Å². The molecule has 1 aromatic heterocycles. The monoisotopic (exact) mass is 264 g/mol. The Labute approximate surface area is 120 Å². The lowest BCUT2D eigenvalue weighted by molar-refractivity contribution is 0.566. The minimum Gasteiger partial charge on any atom is -0.265 e. The highest BCUT2D eigenvalue weighted by molar-refractivity contribution is 5.78. The molecule has 0 saturated heterocycles. The number of aliphatic imine (C=N–C) groups is 1. The number of allylic oxidation sites excluding steroid dienone is 5. The van der Waals surface area contributed by atoms with Crippen molar-refractivity contribution in [1.29, 1.82) is 0 Å². The molecule has 2 aliphatic rings. The van der Waals surface area contributed by atoms with E-state index >= 15 is 0 Å². The molecule has 2 atom stereocenters. The van der Waals surface area contributed by atoms with E-state index in [9.17, 15) is 0 Å². The zero-order valence-electron chi connectivity index (χ0n) is 12.1. The van der Waals surface area contributed by atoms with E-state index in [4.69, 9.17) is 0 Å². The zero-order chi connectivity index (χ0) is 13.9. The van der Waals surface area contributed by atoms with Crippen molar-refractivity contribution >= 4 is 11.8 Å². The van der Waals surface area contributed by atoms with Gasteiger partial charge in [-0.1, -0.05) is 31.2 Å². The molecule has 3 rings (SSSR count). The van der Waals surface area contributed by atoms with Crippen LogP contribution in [0.2, 0.25) is 0 Å². The van der Waals surface area contributed by atoms with Crippen LogP contribution in [0.25, 0.3) is 5.57 Å². The van der Waals surface area contributed by atoms with E-state index in [1.165, 1.54) is 16.8 Å². The molecule has 0 spiro atoms. The maximum atomic E-state index is 4.60. The molecule has 0 N–H and O–H groups in total. The van der Waals surface area contributed by atoms with E-state index in [0.29, 0.717) is 11.8 Å². The van der Waals surface area contributed by atoms with Gasteiger partial charge < -0.3 is 0 Å². The Hall–Kier alpha value is -1.96. The summed E-state index contributed by atoms with van der Waals surface area (Å²) in [6, 6.07) is 6.08. The third kappa shape index (κ3) is 2.51. The topological polar surface area (TPSA) is 25.2 Å². The fourth-order valence-electron chi connectivity index (χ4n) is 2.97. The molecule has 2 nitrogen and oxygen atoms in total. The van der Waals surface area contributed by atoms with Gasteiger partial charge in [-0.2, -0.15) is 0 Å². The van der Waals surface area contributed by atoms with E-state index in [1.807, 2.05) is 24.5 Å². The average Bonchev–Trinajstić information content (AvgIpc) is 2.49. The smallest absolute Gasteiger partial charge is 0.0701 e. The van der Waals surface area contributed by atoms with Crippen LogP contribution in [-0.4, -0.2) is 11.2 Å². The van der Waals surface area contributed by atoms with Crippen LogP contribution in [0.15, 0.2) is 58.9 Å². The van der Waals surface area contributed by atoms with Gasteiger partial charge in [0.15, 0.2) is 0 Å². The van der Waals surface area contributed by atoms with Gasteiger partial charge in [0.2, 0.25) is 0 Å². The van der Waals surface area contributed by atoms with Gasteiger partial charge in [-0.15, -0.1) is 0 Å². The van der Waals surface area contributed by atoms with Crippen molar-refractivity contribution in [2.45, 2.75) is 26.7 Å². The maximum Gasteiger partial charge on any atom is 0.0701 e. The van der Waals surface area contributed by atoms with Crippen molar-refractivity contribution < 1.29 is 0 Å². The Bertz CT molecular complexity index is 606. The molecule has 2 heteroatoms. The van der Waals surface area contributed by atoms with Gasteiger partial charge in [0.1, 0.15) is 0 Å². The van der Waals surface area contributed by atoms with Crippen LogP contribution in [0, 0.1) is 11.8 Å². The van der Waals surface area contributed by atoms with Gasteiger partial charge in [0.25, 0.3) is 0 Å². The quantitative estimate of drug-likeness (QED) is 0.776. The molecule has 0 amide bonds. The molecule has 102 valence electrons. The Kier molecular flexibility index (Phi) is 3.64. The second-order valence-corrected chi connectivity index (χ2v) is 5.55. The van der Waals surface area contributed by atoms with E-state index < -0.39 is 0 Å². The van der Waals surface area contributed by atoms with E-state index in [-0.39, 0.29) is 0 Å². The van der Waals surface area contributed by atoms with Gasteiger partial charge in [-0.05, 0) is 49.0 Å². The molecule has 20 heavy (non-hydrogen) atoms. The highest BCUT2D eigenvalue weighted by atomic mass is 14.8. The first kappa shape index (κ1) is 13.0. The molecule has 1 aliphatic carbocycles. The van der Waals surface area contributed by atoms with Crippen LogP contribution in [0.3, 0.4) is 0 Å². The first-order valence-corrected chi connectivity index (χ1v) is 7.30. The van der Waals surface area contributed by atoms with Gasteiger partial charge in [0.05, 0.1) is 5.69 Å². The van der Waals surface area contributed by atoms with Crippen LogP contribution in [0.4, 0.5) is 0 Å². The molecule has 2 heterocycles. The summed E-state index contributed by atoms with van der Waals surface area (Å²) in [4.78, 5) is 9.09. The number of nitrogens with zero attached hydrogens (tertiary/aromatic N) is 2. The normalized spacial score (nSPS) is 25.8. The lowest BCUT2D eigenvalue weighted by Crippen LogP contribution is -2.16. The van der Waals surface area contributed by atoms with Crippen molar-refractivity contribution in [3.05, 3.63) is 59.6 Å². The Morgan fingerprint density at radius 1 is 1.15 bits per heavy atom. The standard InChI is InChI=1S/C18H20N2/c1-13-11-14(2)16(18-8-4-6-10-20-18)12-15(13)17-7-3-5-9-19-17/h3,5,7-12,14,16H,4,6H2,1-2H3. The van der Waals surface area contributed by atoms with Crippen LogP contribution < -0.4 is 0 Å². The summed E-state index contributed by atoms with van der Waals surface area (Å²) in [5.41, 5.74) is 4.82. The van der Waals surface area contributed by atoms with Gasteiger partial charge in [-0.25, -0.2) is 0 Å². The molecule has 0 bridgehead atoms. The van der Waals surface area contributed by atoms with Gasteiger partial charge in [0, 0.05) is 24.0 Å². The summed E-state index contributed by atoms with van der Waals surface area (Å²) in [6.45, 7) is 4.44. The van der Waals surface area contributed by atoms with Crippen molar-refractivity contribution in [3.8, 4) is 0 Å². The lowest BCUT2D eigenvalue weighted by Gasteiger charge is -2.27. The molecule has 0 saturated carbocycles. The summed E-state index contributed by atoms with van der Waals surface area (Å²) in [5.74, 6) is 0.858. The van der Waals surface area contributed by atoms with Crippen molar-refractivity contribution in [2.24, 2.45) is 16.8 Å². The van der Waals surface area contributed by atoms with Crippen molar-refractivity contribution in [1.82, 2.24) is 4.98 Å². The van der Waals surface area contributed by atoms with E-state index in [1.54, 1.807) is 0 Å². The molecule has 2 unspecified atom stereocenters. The molecule has 1 aliphatic heterocycles. The van der Waals surface area contributed by atoms with E-state index in [2.05, 4.69) is 48.1 Å². The summed E-state index contributed by atoms with van der Waals surface area (Å²) in [5, 5.41) is 0. The molecule has 0 fully saturated rings. The Morgan fingerprint density at radius 2 is 2.05 bits per heavy atom. The summed E-state index contributed by atoms with van der Waals surface area (Å²) in [6.07, 6.45) is 13.0. The largest absolute Gasteiger partial charge is 0.265 e.